The second-order valence-electron chi connectivity index (χ2n) is 15.3. The Balaban J connectivity index is 0.000000187. The van der Waals surface area contributed by atoms with Crippen molar-refractivity contribution < 1.29 is 29.1 Å². The Bertz CT molecular complexity index is 2180. The minimum absolute atomic E-state index is 0.0455. The number of aliphatic hydroxyl groups excluding tert-OH is 2. The molecule has 5 heterocycles. The smallest absolute Gasteiger partial charge is 0.254 e. The molecule has 58 heavy (non-hydrogen) atoms. The SMILES string of the molecule is CC(C)Cc1cc(OCCN2CC(c3ccc4nnc(C5=CCCC=C5O)cc4c3)C2)no1.Cc1ncsc1-c1ccc([C@H](C)NC=O)cc1.O=CN1CCC(O)C1. The standard InChI is InChI=1S/C26H30N4O3.C13H14N2OS.C5H9NO2/c1-17(2)11-21-14-26(29-33-21)32-10-9-30-15-20(16-30)18-7-8-23-19(12-18)13-24(28-27-23)22-5-3-4-6-25(22)31;1-9(14-7-16)11-3-5-12(6-4-11)13-10(2)15-8-17-13;7-4-6-2-1-5(8)3-6/h5-8,12-14,17,20,31H,3-4,9-11,15-16H2,1-2H3;3-9H,1-2H3,(H,14,16);4-5,8H,1-3H2/t;9-;/m.0./s1. The molecule has 2 atom stereocenters. The Labute approximate surface area is 343 Å². The zero-order chi connectivity index (χ0) is 41.0. The molecule has 1 aliphatic carbocycles. The van der Waals surface area contributed by atoms with Crippen LogP contribution in [0.3, 0.4) is 0 Å². The van der Waals surface area contributed by atoms with Gasteiger partial charge in [-0.15, -0.1) is 21.5 Å². The van der Waals surface area contributed by atoms with E-state index in [0.29, 0.717) is 43.2 Å². The lowest BCUT2D eigenvalue weighted by molar-refractivity contribution is -0.117. The summed E-state index contributed by atoms with van der Waals surface area (Å²) in [7, 11) is 0. The maximum absolute atomic E-state index is 10.4. The number of aliphatic hydroxyl groups is 2. The summed E-state index contributed by atoms with van der Waals surface area (Å²) in [5.74, 6) is 2.77. The van der Waals surface area contributed by atoms with E-state index >= 15 is 0 Å². The fraction of sp³-hybridized carbons (Fsp3) is 0.409. The lowest BCUT2D eigenvalue weighted by Gasteiger charge is -2.39. The summed E-state index contributed by atoms with van der Waals surface area (Å²) in [6.07, 6.45) is 8.49. The topological polar surface area (TPSA) is 167 Å². The molecule has 2 saturated heterocycles. The Morgan fingerprint density at radius 1 is 1.02 bits per heavy atom. The van der Waals surface area contributed by atoms with E-state index in [2.05, 4.69) is 68.7 Å². The van der Waals surface area contributed by atoms with Gasteiger partial charge in [-0.3, -0.25) is 14.5 Å². The molecule has 3 aromatic heterocycles. The maximum Gasteiger partial charge on any atom is 0.254 e. The third-order valence-corrected chi connectivity index (χ3v) is 11.3. The predicted octanol–water partition coefficient (Wildman–Crippen LogP) is 7.05. The average molecular weight is 808 g/mol. The van der Waals surface area contributed by atoms with Crippen LogP contribution >= 0.6 is 11.3 Å². The number of allylic oxidation sites excluding steroid dienone is 3. The molecule has 0 radical (unpaired) electrons. The number of aryl methyl sites for hydroxylation is 1. The number of nitrogens with zero attached hydrogens (tertiary/aromatic N) is 6. The molecule has 3 N–H and O–H groups in total. The summed E-state index contributed by atoms with van der Waals surface area (Å²) in [4.78, 5) is 29.7. The number of nitrogens with one attached hydrogen (secondary N) is 1. The molecule has 14 heteroatoms. The lowest BCUT2D eigenvalue weighted by Crippen LogP contribution is -2.46. The van der Waals surface area contributed by atoms with E-state index in [0.717, 1.165) is 97.3 Å². The van der Waals surface area contributed by atoms with Gasteiger partial charge in [-0.2, -0.15) is 0 Å². The molecular weight excluding hydrogens is 755 g/mol. The second-order valence-corrected chi connectivity index (χ2v) is 16.2. The minimum atomic E-state index is -0.278. The van der Waals surface area contributed by atoms with Crippen molar-refractivity contribution in [2.75, 3.05) is 39.3 Å². The zero-order valence-corrected chi connectivity index (χ0v) is 34.4. The Morgan fingerprint density at radius 3 is 2.47 bits per heavy atom. The third-order valence-electron chi connectivity index (χ3n) is 10.3. The minimum Gasteiger partial charge on any atom is -0.508 e. The van der Waals surface area contributed by atoms with Crippen LogP contribution in [0.5, 0.6) is 5.88 Å². The first-order chi connectivity index (χ1) is 28.1. The molecule has 3 aliphatic rings. The van der Waals surface area contributed by atoms with Gasteiger partial charge in [-0.1, -0.05) is 50.3 Å². The Kier molecular flexibility index (Phi) is 14.8. The van der Waals surface area contributed by atoms with Crippen LogP contribution in [0, 0.1) is 12.8 Å². The number of β-amino-alcohol motifs (C(OH)–C–C–N with tert-alkyl or cyclic N) is 1. The average Bonchev–Trinajstić information content (AvgIpc) is 3.97. The van der Waals surface area contributed by atoms with E-state index in [9.17, 15) is 14.7 Å². The van der Waals surface area contributed by atoms with Crippen molar-refractivity contribution in [1.82, 2.24) is 35.5 Å². The van der Waals surface area contributed by atoms with Crippen molar-refractivity contribution in [2.24, 2.45) is 5.92 Å². The highest BCUT2D eigenvalue weighted by molar-refractivity contribution is 7.13. The first kappa shape index (κ1) is 42.2. The molecule has 2 amide bonds. The summed E-state index contributed by atoms with van der Waals surface area (Å²) in [5, 5.41) is 35.5. The summed E-state index contributed by atoms with van der Waals surface area (Å²) in [6.45, 7) is 13.0. The molecule has 306 valence electrons. The van der Waals surface area contributed by atoms with Crippen LogP contribution in [0.2, 0.25) is 0 Å². The first-order valence-corrected chi connectivity index (χ1v) is 20.7. The van der Waals surface area contributed by atoms with Crippen LogP contribution in [-0.4, -0.2) is 98.6 Å². The Morgan fingerprint density at radius 2 is 1.81 bits per heavy atom. The fourth-order valence-corrected chi connectivity index (χ4v) is 7.83. The number of aromatic nitrogens is 4. The molecule has 0 bridgehead atoms. The van der Waals surface area contributed by atoms with Gasteiger partial charge in [0.2, 0.25) is 12.8 Å². The predicted molar refractivity (Wildman–Crippen MR) is 225 cm³/mol. The third kappa shape index (κ3) is 11.4. The Hall–Kier alpha value is -5.44. The highest BCUT2D eigenvalue weighted by atomic mass is 32.1. The van der Waals surface area contributed by atoms with Crippen LogP contribution < -0.4 is 10.1 Å². The number of carbonyl (C=O) groups is 2. The number of amides is 2. The highest BCUT2D eigenvalue weighted by Crippen LogP contribution is 2.31. The van der Waals surface area contributed by atoms with Gasteiger partial charge in [-0.25, -0.2) is 4.98 Å². The number of benzene rings is 2. The van der Waals surface area contributed by atoms with Gasteiger partial charge in [0.25, 0.3) is 5.88 Å². The van der Waals surface area contributed by atoms with Crippen LogP contribution in [0.15, 0.2) is 82.5 Å². The normalized spacial score (nSPS) is 17.3. The highest BCUT2D eigenvalue weighted by Gasteiger charge is 2.28. The monoisotopic (exact) mass is 807 g/mol. The molecule has 0 saturated carbocycles. The molecule has 1 unspecified atom stereocenters. The second kappa shape index (κ2) is 20.3. The number of hydrogen-bond donors (Lipinski definition) is 3. The molecule has 8 rings (SSSR count). The van der Waals surface area contributed by atoms with Gasteiger partial charge in [0.15, 0.2) is 0 Å². The van der Waals surface area contributed by atoms with Crippen LogP contribution in [-0.2, 0) is 16.0 Å². The van der Waals surface area contributed by atoms with Crippen molar-refractivity contribution in [3.63, 3.8) is 0 Å². The van der Waals surface area contributed by atoms with Gasteiger partial charge in [0.05, 0.1) is 39.4 Å². The van der Waals surface area contributed by atoms with E-state index in [-0.39, 0.29) is 12.1 Å². The number of likely N-dealkylation sites (tertiary alicyclic amines) is 2. The van der Waals surface area contributed by atoms with E-state index in [1.54, 1.807) is 16.2 Å². The van der Waals surface area contributed by atoms with E-state index in [1.807, 2.05) is 61.8 Å². The van der Waals surface area contributed by atoms with Gasteiger partial charge < -0.3 is 29.7 Å². The number of hydrogen-bond acceptors (Lipinski definition) is 12. The molecule has 0 spiro atoms. The van der Waals surface area contributed by atoms with Gasteiger partial charge in [0.1, 0.15) is 18.1 Å². The molecule has 13 nitrogen and oxygen atoms in total. The molecule has 2 aromatic carbocycles. The van der Waals surface area contributed by atoms with E-state index in [1.165, 1.54) is 16.0 Å². The number of thiazole rings is 1. The van der Waals surface area contributed by atoms with Gasteiger partial charge in [0, 0.05) is 62.1 Å². The molecule has 5 aromatic rings. The maximum atomic E-state index is 10.4. The number of rotatable bonds is 13. The van der Waals surface area contributed by atoms with Crippen molar-refractivity contribution in [3.8, 4) is 16.3 Å². The molecule has 2 aliphatic heterocycles. The summed E-state index contributed by atoms with van der Waals surface area (Å²) in [5.41, 5.74) is 8.87. The molecule has 2 fully saturated rings. The number of carbonyl (C=O) groups excluding carboxylic acids is 2. The number of ether oxygens (including phenoxy) is 1. The van der Waals surface area contributed by atoms with Crippen molar-refractivity contribution in [3.05, 3.63) is 106 Å². The quantitative estimate of drug-likeness (QED) is 0.104. The van der Waals surface area contributed by atoms with Gasteiger partial charge >= 0.3 is 0 Å². The van der Waals surface area contributed by atoms with E-state index in [4.69, 9.17) is 14.4 Å². The largest absolute Gasteiger partial charge is 0.508 e. The van der Waals surface area contributed by atoms with Crippen molar-refractivity contribution >= 4 is 40.6 Å². The summed E-state index contributed by atoms with van der Waals surface area (Å²) >= 11 is 1.64. The molecular formula is C44H53N7O6S. The van der Waals surface area contributed by atoms with E-state index < -0.39 is 0 Å². The van der Waals surface area contributed by atoms with Crippen molar-refractivity contribution in [2.45, 2.75) is 71.4 Å². The zero-order valence-electron chi connectivity index (χ0n) is 33.6. The van der Waals surface area contributed by atoms with Crippen LogP contribution in [0.4, 0.5) is 0 Å². The number of fused-ring (bicyclic) bond motifs is 1. The summed E-state index contributed by atoms with van der Waals surface area (Å²) < 4.78 is 11.1. The van der Waals surface area contributed by atoms with Crippen molar-refractivity contribution in [1.29, 1.82) is 0 Å². The first-order valence-electron chi connectivity index (χ1n) is 19.9. The summed E-state index contributed by atoms with van der Waals surface area (Å²) in [6, 6.07) is 18.6. The van der Waals surface area contributed by atoms with Gasteiger partial charge in [-0.05, 0) is 85.1 Å². The van der Waals surface area contributed by atoms with Crippen LogP contribution in [0.1, 0.15) is 80.3 Å². The van der Waals surface area contributed by atoms with Crippen LogP contribution in [0.25, 0.3) is 26.9 Å². The fourth-order valence-electron chi connectivity index (χ4n) is 7.01. The lowest BCUT2D eigenvalue weighted by atomic mass is 9.90.